The summed E-state index contributed by atoms with van der Waals surface area (Å²) in [6.45, 7) is 0. The van der Waals surface area contributed by atoms with Crippen LogP contribution in [0.25, 0.3) is 0 Å². The standard InChI is InChI=1S/C22H26N2O/c25-22-20(16-17-10-4-1-5-11-17)23-21(18-12-6-2-7-13-18)24(22)19-14-8-3-9-15-19/h1-2,4-7,10-13,19-21,23H,3,8-9,14-16H2. The minimum atomic E-state index is -0.130. The minimum Gasteiger partial charge on any atom is -0.319 e. The molecule has 0 spiro atoms. The molecule has 0 aromatic heterocycles. The number of hydrogen-bond donors (Lipinski definition) is 1. The molecule has 130 valence electrons. The Bertz CT molecular complexity index is 694. The van der Waals surface area contributed by atoms with Crippen LogP contribution in [0, 0.1) is 0 Å². The fraction of sp³-hybridized carbons (Fsp3) is 0.409. The van der Waals surface area contributed by atoms with Gasteiger partial charge in [-0.2, -0.15) is 0 Å². The molecule has 2 aromatic rings. The first kappa shape index (κ1) is 16.3. The molecule has 2 aromatic carbocycles. The number of carbonyl (C=O) groups is 1. The summed E-state index contributed by atoms with van der Waals surface area (Å²) in [6, 6.07) is 21.0. The largest absolute Gasteiger partial charge is 0.319 e. The van der Waals surface area contributed by atoms with E-state index < -0.39 is 0 Å². The van der Waals surface area contributed by atoms with Crippen LogP contribution in [0.1, 0.15) is 49.4 Å². The summed E-state index contributed by atoms with van der Waals surface area (Å²) in [5.74, 6) is 0.268. The van der Waals surface area contributed by atoms with Crippen molar-refractivity contribution >= 4 is 5.91 Å². The van der Waals surface area contributed by atoms with E-state index in [-0.39, 0.29) is 18.1 Å². The minimum absolute atomic E-state index is 0.00510. The molecule has 3 nitrogen and oxygen atoms in total. The smallest absolute Gasteiger partial charge is 0.241 e. The van der Waals surface area contributed by atoms with Crippen molar-refractivity contribution in [3.05, 3.63) is 71.8 Å². The molecular weight excluding hydrogens is 308 g/mol. The second-order valence-electron chi connectivity index (χ2n) is 7.26. The molecule has 25 heavy (non-hydrogen) atoms. The van der Waals surface area contributed by atoms with Gasteiger partial charge in [-0.15, -0.1) is 0 Å². The molecule has 1 aliphatic heterocycles. The molecule has 3 heteroatoms. The van der Waals surface area contributed by atoms with Crippen molar-refractivity contribution in [1.29, 1.82) is 0 Å². The normalized spacial score (nSPS) is 24.6. The van der Waals surface area contributed by atoms with E-state index in [0.29, 0.717) is 6.04 Å². The van der Waals surface area contributed by atoms with Crippen LogP contribution in [0.4, 0.5) is 0 Å². The van der Waals surface area contributed by atoms with Crippen LogP contribution in [0.5, 0.6) is 0 Å². The van der Waals surface area contributed by atoms with Crippen molar-refractivity contribution < 1.29 is 4.79 Å². The van der Waals surface area contributed by atoms with E-state index in [9.17, 15) is 4.79 Å². The number of hydrogen-bond acceptors (Lipinski definition) is 2. The van der Waals surface area contributed by atoms with E-state index in [2.05, 4.69) is 46.6 Å². The van der Waals surface area contributed by atoms with E-state index in [4.69, 9.17) is 0 Å². The fourth-order valence-corrected chi connectivity index (χ4v) is 4.29. The second-order valence-corrected chi connectivity index (χ2v) is 7.26. The number of nitrogens with zero attached hydrogens (tertiary/aromatic N) is 1. The number of nitrogens with one attached hydrogen (secondary N) is 1. The summed E-state index contributed by atoms with van der Waals surface area (Å²) in [4.78, 5) is 15.4. The van der Waals surface area contributed by atoms with E-state index in [1.165, 1.54) is 30.4 Å². The molecule has 4 rings (SSSR count). The third kappa shape index (κ3) is 3.47. The van der Waals surface area contributed by atoms with E-state index in [0.717, 1.165) is 19.3 Å². The first-order chi connectivity index (χ1) is 12.3. The molecule has 1 saturated heterocycles. The first-order valence-electron chi connectivity index (χ1n) is 9.50. The van der Waals surface area contributed by atoms with Crippen LogP contribution in [-0.4, -0.2) is 22.9 Å². The molecule has 1 amide bonds. The molecular formula is C22H26N2O. The van der Waals surface area contributed by atoms with Gasteiger partial charge in [-0.25, -0.2) is 0 Å². The summed E-state index contributed by atoms with van der Waals surface area (Å²) in [5.41, 5.74) is 2.41. The van der Waals surface area contributed by atoms with Gasteiger partial charge in [-0.1, -0.05) is 79.9 Å². The van der Waals surface area contributed by atoms with Gasteiger partial charge < -0.3 is 4.90 Å². The van der Waals surface area contributed by atoms with Gasteiger partial charge in [-0.05, 0) is 30.4 Å². The zero-order valence-corrected chi connectivity index (χ0v) is 14.6. The highest BCUT2D eigenvalue weighted by Crippen LogP contribution is 2.34. The van der Waals surface area contributed by atoms with Gasteiger partial charge in [0, 0.05) is 6.04 Å². The van der Waals surface area contributed by atoms with Crippen molar-refractivity contribution in [2.45, 2.75) is 56.8 Å². The van der Waals surface area contributed by atoms with Gasteiger partial charge >= 0.3 is 0 Å². The average molecular weight is 334 g/mol. The van der Waals surface area contributed by atoms with Crippen molar-refractivity contribution in [2.75, 3.05) is 0 Å². The zero-order valence-electron chi connectivity index (χ0n) is 14.6. The third-order valence-electron chi connectivity index (χ3n) is 5.56. The molecule has 0 radical (unpaired) electrons. The average Bonchev–Trinajstić information content (AvgIpc) is 3.00. The Morgan fingerprint density at radius 2 is 1.52 bits per heavy atom. The molecule has 2 fully saturated rings. The molecule has 2 aliphatic rings. The Morgan fingerprint density at radius 3 is 2.20 bits per heavy atom. The zero-order chi connectivity index (χ0) is 17.1. The van der Waals surface area contributed by atoms with E-state index in [1.807, 2.05) is 24.3 Å². The molecule has 1 aliphatic carbocycles. The Hall–Kier alpha value is -2.13. The van der Waals surface area contributed by atoms with E-state index >= 15 is 0 Å². The third-order valence-corrected chi connectivity index (χ3v) is 5.56. The number of carbonyl (C=O) groups excluding carboxylic acids is 1. The number of benzene rings is 2. The first-order valence-corrected chi connectivity index (χ1v) is 9.50. The summed E-state index contributed by atoms with van der Waals surface area (Å²) in [6.07, 6.45) is 6.80. The van der Waals surface area contributed by atoms with Gasteiger partial charge in [0.1, 0.15) is 6.17 Å². The maximum absolute atomic E-state index is 13.3. The molecule has 1 saturated carbocycles. The van der Waals surface area contributed by atoms with Crippen molar-refractivity contribution in [1.82, 2.24) is 10.2 Å². The van der Waals surface area contributed by atoms with Crippen LogP contribution in [0.3, 0.4) is 0 Å². The summed E-state index contributed by atoms with van der Waals surface area (Å²) >= 11 is 0. The molecule has 1 heterocycles. The quantitative estimate of drug-likeness (QED) is 0.914. The second kappa shape index (κ2) is 7.40. The fourth-order valence-electron chi connectivity index (χ4n) is 4.29. The lowest BCUT2D eigenvalue weighted by molar-refractivity contribution is -0.133. The highest BCUT2D eigenvalue weighted by atomic mass is 16.2. The van der Waals surface area contributed by atoms with Gasteiger partial charge in [0.2, 0.25) is 5.91 Å². The van der Waals surface area contributed by atoms with Crippen LogP contribution in [-0.2, 0) is 11.2 Å². The van der Waals surface area contributed by atoms with Crippen molar-refractivity contribution in [3.8, 4) is 0 Å². The topological polar surface area (TPSA) is 32.3 Å². The molecule has 2 unspecified atom stereocenters. The lowest BCUT2D eigenvalue weighted by Gasteiger charge is -2.35. The predicted octanol–water partition coefficient (Wildman–Crippen LogP) is 4.06. The lowest BCUT2D eigenvalue weighted by atomic mass is 9.93. The number of amides is 1. The monoisotopic (exact) mass is 334 g/mol. The van der Waals surface area contributed by atoms with Gasteiger partial charge in [0.15, 0.2) is 0 Å². The van der Waals surface area contributed by atoms with Gasteiger partial charge in [0.25, 0.3) is 0 Å². The Labute approximate surface area is 150 Å². The molecule has 2 atom stereocenters. The van der Waals surface area contributed by atoms with Crippen molar-refractivity contribution in [2.24, 2.45) is 0 Å². The Morgan fingerprint density at radius 1 is 0.880 bits per heavy atom. The molecule has 1 N–H and O–H groups in total. The lowest BCUT2D eigenvalue weighted by Crippen LogP contribution is -2.41. The Balaban J connectivity index is 1.60. The SMILES string of the molecule is O=C1C(Cc2ccccc2)NC(c2ccccc2)N1C1CCCCC1. The van der Waals surface area contributed by atoms with Crippen LogP contribution in [0.2, 0.25) is 0 Å². The van der Waals surface area contributed by atoms with Crippen molar-refractivity contribution in [3.63, 3.8) is 0 Å². The Kier molecular flexibility index (Phi) is 4.84. The highest BCUT2D eigenvalue weighted by molar-refractivity contribution is 5.85. The van der Waals surface area contributed by atoms with Crippen LogP contribution >= 0.6 is 0 Å². The summed E-state index contributed by atoms with van der Waals surface area (Å²) < 4.78 is 0. The predicted molar refractivity (Wildman–Crippen MR) is 100.0 cm³/mol. The van der Waals surface area contributed by atoms with E-state index in [1.54, 1.807) is 0 Å². The molecule has 0 bridgehead atoms. The van der Waals surface area contributed by atoms with Gasteiger partial charge in [-0.3, -0.25) is 10.1 Å². The highest BCUT2D eigenvalue weighted by Gasteiger charge is 2.43. The van der Waals surface area contributed by atoms with Crippen LogP contribution in [0.15, 0.2) is 60.7 Å². The maximum atomic E-state index is 13.3. The van der Waals surface area contributed by atoms with Gasteiger partial charge in [0.05, 0.1) is 6.04 Å². The maximum Gasteiger partial charge on any atom is 0.241 e. The van der Waals surface area contributed by atoms with Crippen LogP contribution < -0.4 is 5.32 Å². The summed E-state index contributed by atoms with van der Waals surface area (Å²) in [5, 5.41) is 3.63. The summed E-state index contributed by atoms with van der Waals surface area (Å²) in [7, 11) is 0. The number of rotatable bonds is 4.